The molecule has 0 atom stereocenters. The lowest BCUT2D eigenvalue weighted by atomic mass is 10.4. The Bertz CT molecular complexity index is 281. The highest BCUT2D eigenvalue weighted by Gasteiger charge is 2.06. The molecule has 1 rings (SSSR count). The first-order valence-electron chi connectivity index (χ1n) is 4.59. The van der Waals surface area contributed by atoms with Crippen LogP contribution in [0.3, 0.4) is 0 Å². The van der Waals surface area contributed by atoms with Crippen molar-refractivity contribution in [2.24, 2.45) is 5.73 Å². The summed E-state index contributed by atoms with van der Waals surface area (Å²) < 4.78 is 33.2. The summed E-state index contributed by atoms with van der Waals surface area (Å²) in [5.41, 5.74) is 5.29. The number of nitrogens with zero attached hydrogens (tertiary/aromatic N) is 2. The van der Waals surface area contributed by atoms with E-state index in [1.807, 2.05) is 0 Å². The Morgan fingerprint density at radius 1 is 1.27 bits per heavy atom. The van der Waals surface area contributed by atoms with Gasteiger partial charge in [-0.05, 0) is 0 Å². The second kappa shape index (κ2) is 6.41. The van der Waals surface area contributed by atoms with Crippen LogP contribution in [-0.2, 0) is 17.6 Å². The standard InChI is InChI=1S/C8H13F2N3O2/c9-6(10)5-14-4-2-8-13-12-7(15-8)1-3-11/h6H,1-5,11H2. The summed E-state index contributed by atoms with van der Waals surface area (Å²) in [5, 5.41) is 7.43. The predicted molar refractivity (Wildman–Crippen MR) is 47.6 cm³/mol. The van der Waals surface area contributed by atoms with Gasteiger partial charge >= 0.3 is 0 Å². The zero-order valence-corrected chi connectivity index (χ0v) is 8.16. The summed E-state index contributed by atoms with van der Waals surface area (Å²) in [6, 6.07) is 0. The predicted octanol–water partition coefficient (Wildman–Crippen LogP) is 0.395. The Labute approximate surface area is 85.6 Å². The van der Waals surface area contributed by atoms with E-state index in [2.05, 4.69) is 14.9 Å². The van der Waals surface area contributed by atoms with Gasteiger partial charge in [-0.2, -0.15) is 0 Å². The average Bonchev–Trinajstić information content (AvgIpc) is 2.61. The highest BCUT2D eigenvalue weighted by Crippen LogP contribution is 2.01. The Morgan fingerprint density at radius 3 is 2.53 bits per heavy atom. The molecule has 0 spiro atoms. The summed E-state index contributed by atoms with van der Waals surface area (Å²) in [6.45, 7) is 0.0158. The maximum absolute atomic E-state index is 11.7. The van der Waals surface area contributed by atoms with E-state index in [9.17, 15) is 8.78 Å². The molecule has 1 aromatic rings. The summed E-state index contributed by atoms with van der Waals surface area (Å²) >= 11 is 0. The van der Waals surface area contributed by atoms with Gasteiger partial charge in [0.15, 0.2) is 0 Å². The molecule has 0 aliphatic rings. The SMILES string of the molecule is NCCc1nnc(CCOCC(F)F)o1. The molecule has 1 aromatic heterocycles. The number of nitrogens with two attached hydrogens (primary N) is 1. The Hall–Kier alpha value is -1.08. The van der Waals surface area contributed by atoms with Gasteiger partial charge in [0.25, 0.3) is 6.43 Å². The molecule has 2 N–H and O–H groups in total. The van der Waals surface area contributed by atoms with Gasteiger partial charge in [0, 0.05) is 19.4 Å². The fraction of sp³-hybridized carbons (Fsp3) is 0.750. The van der Waals surface area contributed by atoms with Crippen LogP contribution in [0.5, 0.6) is 0 Å². The molecule has 0 radical (unpaired) electrons. The molecule has 0 fully saturated rings. The van der Waals surface area contributed by atoms with Crippen molar-refractivity contribution >= 4 is 0 Å². The van der Waals surface area contributed by atoms with Crippen LogP contribution in [0.4, 0.5) is 8.78 Å². The molecule has 1 heterocycles. The first-order chi connectivity index (χ1) is 7.22. The van der Waals surface area contributed by atoms with Gasteiger partial charge in [-0.1, -0.05) is 0 Å². The minimum absolute atomic E-state index is 0.147. The summed E-state index contributed by atoms with van der Waals surface area (Å²) in [6.07, 6.45) is -1.59. The fourth-order valence-corrected chi connectivity index (χ4v) is 0.946. The van der Waals surface area contributed by atoms with Gasteiger partial charge in [-0.3, -0.25) is 0 Å². The number of alkyl halides is 2. The zero-order valence-electron chi connectivity index (χ0n) is 8.16. The van der Waals surface area contributed by atoms with E-state index >= 15 is 0 Å². The number of hydrogen-bond acceptors (Lipinski definition) is 5. The number of aromatic nitrogens is 2. The van der Waals surface area contributed by atoms with Crippen LogP contribution in [0, 0.1) is 0 Å². The number of rotatable bonds is 7. The molecule has 0 saturated carbocycles. The molecular weight excluding hydrogens is 208 g/mol. The van der Waals surface area contributed by atoms with E-state index in [4.69, 9.17) is 10.2 Å². The summed E-state index contributed by atoms with van der Waals surface area (Å²) in [4.78, 5) is 0. The van der Waals surface area contributed by atoms with Crippen LogP contribution in [0.2, 0.25) is 0 Å². The van der Waals surface area contributed by atoms with Gasteiger partial charge in [-0.15, -0.1) is 10.2 Å². The molecule has 0 bridgehead atoms. The highest BCUT2D eigenvalue weighted by molar-refractivity contribution is 4.82. The van der Waals surface area contributed by atoms with Crippen LogP contribution in [0.15, 0.2) is 4.42 Å². The van der Waals surface area contributed by atoms with Gasteiger partial charge in [0.1, 0.15) is 6.61 Å². The van der Waals surface area contributed by atoms with Gasteiger partial charge in [-0.25, -0.2) is 8.78 Å². The minimum Gasteiger partial charge on any atom is -0.425 e. The van der Waals surface area contributed by atoms with Crippen molar-refractivity contribution in [3.05, 3.63) is 11.8 Å². The van der Waals surface area contributed by atoms with Crippen LogP contribution in [0.25, 0.3) is 0 Å². The molecule has 0 saturated heterocycles. The lowest BCUT2D eigenvalue weighted by Gasteiger charge is -1.99. The van der Waals surface area contributed by atoms with Crippen LogP contribution < -0.4 is 5.73 Å². The molecule has 7 heteroatoms. The molecule has 0 amide bonds. The van der Waals surface area contributed by atoms with E-state index in [1.165, 1.54) is 0 Å². The Balaban J connectivity index is 2.19. The first-order valence-corrected chi connectivity index (χ1v) is 4.59. The molecule has 0 aliphatic heterocycles. The molecule has 15 heavy (non-hydrogen) atoms. The number of halogens is 2. The third-order valence-electron chi connectivity index (χ3n) is 1.57. The van der Waals surface area contributed by atoms with Crippen molar-refractivity contribution in [1.82, 2.24) is 10.2 Å². The van der Waals surface area contributed by atoms with Gasteiger partial charge in [0.2, 0.25) is 11.8 Å². The molecule has 5 nitrogen and oxygen atoms in total. The van der Waals surface area contributed by atoms with Gasteiger partial charge in [0.05, 0.1) is 6.61 Å². The number of ether oxygens (including phenoxy) is 1. The average molecular weight is 221 g/mol. The highest BCUT2D eigenvalue weighted by atomic mass is 19.3. The van der Waals surface area contributed by atoms with Crippen molar-refractivity contribution in [2.45, 2.75) is 19.3 Å². The van der Waals surface area contributed by atoms with E-state index < -0.39 is 13.0 Å². The molecule has 0 aromatic carbocycles. The van der Waals surface area contributed by atoms with E-state index in [0.29, 0.717) is 31.2 Å². The second-order valence-corrected chi connectivity index (χ2v) is 2.84. The Kier molecular flexibility index (Phi) is 5.13. The molecular formula is C8H13F2N3O2. The van der Waals surface area contributed by atoms with E-state index in [1.54, 1.807) is 0 Å². The first kappa shape index (κ1) is 12.0. The summed E-state index contributed by atoms with van der Waals surface area (Å²) in [7, 11) is 0. The van der Waals surface area contributed by atoms with Crippen molar-refractivity contribution in [2.75, 3.05) is 19.8 Å². The van der Waals surface area contributed by atoms with Crippen LogP contribution >= 0.6 is 0 Å². The zero-order chi connectivity index (χ0) is 11.1. The van der Waals surface area contributed by atoms with E-state index in [0.717, 1.165) is 0 Å². The van der Waals surface area contributed by atoms with Gasteiger partial charge < -0.3 is 14.9 Å². The summed E-state index contributed by atoms with van der Waals surface area (Å²) in [5.74, 6) is 0.842. The monoisotopic (exact) mass is 221 g/mol. The smallest absolute Gasteiger partial charge is 0.261 e. The Morgan fingerprint density at radius 2 is 1.93 bits per heavy atom. The van der Waals surface area contributed by atoms with Crippen molar-refractivity contribution < 1.29 is 17.9 Å². The topological polar surface area (TPSA) is 74.2 Å². The fourth-order valence-electron chi connectivity index (χ4n) is 0.946. The lowest BCUT2D eigenvalue weighted by Crippen LogP contribution is -2.07. The molecule has 0 unspecified atom stereocenters. The molecule has 86 valence electrons. The van der Waals surface area contributed by atoms with Crippen LogP contribution in [0.1, 0.15) is 11.8 Å². The van der Waals surface area contributed by atoms with Crippen LogP contribution in [-0.4, -0.2) is 36.4 Å². The minimum atomic E-state index is -2.44. The number of hydrogen-bond donors (Lipinski definition) is 1. The largest absolute Gasteiger partial charge is 0.425 e. The maximum atomic E-state index is 11.7. The lowest BCUT2D eigenvalue weighted by molar-refractivity contribution is 0.0173. The van der Waals surface area contributed by atoms with Crippen molar-refractivity contribution in [1.29, 1.82) is 0 Å². The van der Waals surface area contributed by atoms with Crippen molar-refractivity contribution in [3.63, 3.8) is 0 Å². The second-order valence-electron chi connectivity index (χ2n) is 2.84. The van der Waals surface area contributed by atoms with E-state index in [-0.39, 0.29) is 6.61 Å². The van der Waals surface area contributed by atoms with Crippen molar-refractivity contribution in [3.8, 4) is 0 Å². The maximum Gasteiger partial charge on any atom is 0.261 e. The third kappa shape index (κ3) is 4.80. The normalized spacial score (nSPS) is 11.2. The molecule has 0 aliphatic carbocycles. The quantitative estimate of drug-likeness (QED) is 0.674. The third-order valence-corrected chi connectivity index (χ3v) is 1.57.